The van der Waals surface area contributed by atoms with E-state index in [2.05, 4.69) is 15.1 Å². The lowest BCUT2D eigenvalue weighted by atomic mass is 10.2. The van der Waals surface area contributed by atoms with Gasteiger partial charge in [-0.05, 0) is 13.0 Å². The van der Waals surface area contributed by atoms with E-state index in [4.69, 9.17) is 5.73 Å². The fourth-order valence-corrected chi connectivity index (χ4v) is 1.65. The van der Waals surface area contributed by atoms with Crippen LogP contribution in [0, 0.1) is 6.92 Å². The zero-order chi connectivity index (χ0) is 11.8. The molecular weight excluding hydrogens is 214 g/mol. The number of anilines is 1. The fourth-order valence-electron chi connectivity index (χ4n) is 1.65. The van der Waals surface area contributed by atoms with Gasteiger partial charge in [0.15, 0.2) is 0 Å². The molecule has 3 aromatic rings. The minimum atomic E-state index is 0.502. The minimum absolute atomic E-state index is 0.502. The van der Waals surface area contributed by atoms with E-state index in [1.165, 1.54) is 0 Å². The third kappa shape index (κ3) is 1.61. The maximum atomic E-state index is 5.70. The van der Waals surface area contributed by atoms with Crippen molar-refractivity contribution in [3.8, 4) is 5.95 Å². The van der Waals surface area contributed by atoms with Gasteiger partial charge in [0.05, 0.1) is 5.52 Å². The number of nitrogens with zero attached hydrogens (tertiary/aromatic N) is 4. The second-order valence-electron chi connectivity index (χ2n) is 3.87. The summed E-state index contributed by atoms with van der Waals surface area (Å²) in [6.45, 7) is 1.90. The molecule has 0 amide bonds. The van der Waals surface area contributed by atoms with Gasteiger partial charge in [0, 0.05) is 23.3 Å². The molecule has 0 aliphatic rings. The van der Waals surface area contributed by atoms with Crippen molar-refractivity contribution in [3.05, 3.63) is 42.2 Å². The Morgan fingerprint density at radius 2 is 2.06 bits per heavy atom. The van der Waals surface area contributed by atoms with Crippen molar-refractivity contribution in [1.29, 1.82) is 0 Å². The molecule has 0 atom stereocenters. The highest BCUT2D eigenvalue weighted by atomic mass is 15.4. The summed E-state index contributed by atoms with van der Waals surface area (Å²) in [5, 5.41) is 5.16. The van der Waals surface area contributed by atoms with Crippen molar-refractivity contribution in [3.63, 3.8) is 0 Å². The first-order chi connectivity index (χ1) is 8.24. The number of rotatable bonds is 1. The number of fused-ring (bicyclic) bond motifs is 1. The topological polar surface area (TPSA) is 69.6 Å². The zero-order valence-corrected chi connectivity index (χ0v) is 9.33. The first-order valence-electron chi connectivity index (χ1n) is 5.28. The molecule has 0 saturated carbocycles. The van der Waals surface area contributed by atoms with Crippen LogP contribution in [0.5, 0.6) is 0 Å². The molecule has 0 radical (unpaired) electrons. The summed E-state index contributed by atoms with van der Waals surface area (Å²) in [7, 11) is 0. The Labute approximate surface area is 97.9 Å². The van der Waals surface area contributed by atoms with Gasteiger partial charge in [0.2, 0.25) is 0 Å². The summed E-state index contributed by atoms with van der Waals surface area (Å²) >= 11 is 0. The molecule has 3 rings (SSSR count). The number of benzene rings is 1. The maximum absolute atomic E-state index is 5.70. The summed E-state index contributed by atoms with van der Waals surface area (Å²) < 4.78 is 1.59. The average molecular weight is 225 g/mol. The molecule has 0 unspecified atom stereocenters. The van der Waals surface area contributed by atoms with E-state index in [0.29, 0.717) is 11.8 Å². The highest BCUT2D eigenvalue weighted by Gasteiger charge is 2.06. The van der Waals surface area contributed by atoms with Crippen molar-refractivity contribution in [2.45, 2.75) is 6.92 Å². The molecule has 17 heavy (non-hydrogen) atoms. The molecule has 0 saturated heterocycles. The van der Waals surface area contributed by atoms with E-state index in [1.54, 1.807) is 10.9 Å². The molecule has 2 N–H and O–H groups in total. The van der Waals surface area contributed by atoms with Crippen LogP contribution in [0.3, 0.4) is 0 Å². The molecule has 0 fully saturated rings. The SMILES string of the molecule is Cc1cn(-c2ncc3ccccc3n2)nc1N. The van der Waals surface area contributed by atoms with Gasteiger partial charge in [-0.2, -0.15) is 0 Å². The van der Waals surface area contributed by atoms with Gasteiger partial charge in [0.1, 0.15) is 5.82 Å². The summed E-state index contributed by atoms with van der Waals surface area (Å²) in [4.78, 5) is 8.70. The first-order valence-corrected chi connectivity index (χ1v) is 5.28. The van der Waals surface area contributed by atoms with Gasteiger partial charge < -0.3 is 5.73 Å². The molecule has 84 valence electrons. The van der Waals surface area contributed by atoms with Crippen LogP contribution < -0.4 is 5.73 Å². The van der Waals surface area contributed by atoms with E-state index in [0.717, 1.165) is 16.5 Å². The fraction of sp³-hybridized carbons (Fsp3) is 0.0833. The van der Waals surface area contributed by atoms with E-state index >= 15 is 0 Å². The van der Waals surface area contributed by atoms with Crippen LogP contribution in [-0.2, 0) is 0 Å². The van der Waals surface area contributed by atoms with Crippen LogP contribution in [0.25, 0.3) is 16.9 Å². The molecule has 0 bridgehead atoms. The van der Waals surface area contributed by atoms with E-state index < -0.39 is 0 Å². The van der Waals surface area contributed by atoms with Gasteiger partial charge >= 0.3 is 0 Å². The van der Waals surface area contributed by atoms with Crippen LogP contribution in [0.15, 0.2) is 36.7 Å². The predicted molar refractivity (Wildman–Crippen MR) is 65.8 cm³/mol. The lowest BCUT2D eigenvalue weighted by Crippen LogP contribution is -2.02. The Kier molecular flexibility index (Phi) is 2.04. The Balaban J connectivity index is 2.17. The van der Waals surface area contributed by atoms with Crippen LogP contribution in [0.4, 0.5) is 5.82 Å². The lowest BCUT2D eigenvalue weighted by molar-refractivity contribution is 0.819. The number of aromatic nitrogens is 4. The number of nitrogens with two attached hydrogens (primary N) is 1. The quantitative estimate of drug-likeness (QED) is 0.684. The van der Waals surface area contributed by atoms with Gasteiger partial charge in [0.25, 0.3) is 5.95 Å². The van der Waals surface area contributed by atoms with Crippen LogP contribution in [0.2, 0.25) is 0 Å². The number of para-hydroxylation sites is 1. The Morgan fingerprint density at radius 1 is 1.24 bits per heavy atom. The molecule has 5 heteroatoms. The van der Waals surface area contributed by atoms with E-state index in [9.17, 15) is 0 Å². The second-order valence-corrected chi connectivity index (χ2v) is 3.87. The molecule has 5 nitrogen and oxygen atoms in total. The molecule has 2 aromatic heterocycles. The van der Waals surface area contributed by atoms with Gasteiger partial charge in [-0.1, -0.05) is 18.2 Å². The highest BCUT2D eigenvalue weighted by Crippen LogP contribution is 2.13. The predicted octanol–water partition coefficient (Wildman–Crippen LogP) is 1.71. The highest BCUT2D eigenvalue weighted by molar-refractivity contribution is 5.77. The van der Waals surface area contributed by atoms with Crippen LogP contribution >= 0.6 is 0 Å². The van der Waals surface area contributed by atoms with Gasteiger partial charge in [-0.25, -0.2) is 14.6 Å². The minimum Gasteiger partial charge on any atom is -0.382 e. The second kappa shape index (κ2) is 3.55. The van der Waals surface area contributed by atoms with Crippen molar-refractivity contribution in [2.24, 2.45) is 0 Å². The first kappa shape index (κ1) is 9.77. The molecule has 0 spiro atoms. The number of aryl methyl sites for hydroxylation is 1. The van der Waals surface area contributed by atoms with Crippen molar-refractivity contribution in [2.75, 3.05) is 5.73 Å². The maximum Gasteiger partial charge on any atom is 0.251 e. The molecule has 0 aliphatic carbocycles. The molecule has 0 aliphatic heterocycles. The average Bonchev–Trinajstić information content (AvgIpc) is 2.69. The summed E-state index contributed by atoms with van der Waals surface area (Å²) in [6, 6.07) is 7.82. The Bertz CT molecular complexity index is 667. The summed E-state index contributed by atoms with van der Waals surface area (Å²) in [6.07, 6.45) is 3.60. The third-order valence-electron chi connectivity index (χ3n) is 2.62. The molecule has 2 heterocycles. The Morgan fingerprint density at radius 3 is 2.82 bits per heavy atom. The number of hydrogen-bond acceptors (Lipinski definition) is 4. The van der Waals surface area contributed by atoms with Gasteiger partial charge in [-0.15, -0.1) is 5.10 Å². The standard InChI is InChI=1S/C12H11N5/c1-8-7-17(16-11(8)13)12-14-6-9-4-2-3-5-10(9)15-12/h2-7H,1H3,(H2,13,16). The van der Waals surface area contributed by atoms with Crippen molar-refractivity contribution in [1.82, 2.24) is 19.7 Å². The largest absolute Gasteiger partial charge is 0.382 e. The zero-order valence-electron chi connectivity index (χ0n) is 9.33. The third-order valence-corrected chi connectivity index (χ3v) is 2.62. The van der Waals surface area contributed by atoms with Gasteiger partial charge in [-0.3, -0.25) is 0 Å². The smallest absolute Gasteiger partial charge is 0.251 e. The number of nitrogen functional groups attached to an aromatic ring is 1. The summed E-state index contributed by atoms with van der Waals surface area (Å²) in [5.74, 6) is 1.03. The lowest BCUT2D eigenvalue weighted by Gasteiger charge is -2.00. The van der Waals surface area contributed by atoms with E-state index in [-0.39, 0.29) is 0 Å². The summed E-state index contributed by atoms with van der Waals surface area (Å²) in [5.41, 5.74) is 7.51. The number of hydrogen-bond donors (Lipinski definition) is 1. The Hall–Kier alpha value is -2.43. The van der Waals surface area contributed by atoms with Crippen LogP contribution in [0.1, 0.15) is 5.56 Å². The monoisotopic (exact) mass is 225 g/mol. The van der Waals surface area contributed by atoms with Crippen molar-refractivity contribution < 1.29 is 0 Å². The van der Waals surface area contributed by atoms with Crippen molar-refractivity contribution >= 4 is 16.7 Å². The van der Waals surface area contributed by atoms with E-state index in [1.807, 2.05) is 37.4 Å². The van der Waals surface area contributed by atoms with Crippen LogP contribution in [-0.4, -0.2) is 19.7 Å². The molecule has 1 aromatic carbocycles. The normalized spacial score (nSPS) is 10.9. The molecular formula is C12H11N5.